The normalized spacial score (nSPS) is 16.4. The lowest BCUT2D eigenvalue weighted by Crippen LogP contribution is -2.39. The minimum atomic E-state index is -0.668. The summed E-state index contributed by atoms with van der Waals surface area (Å²) in [6, 6.07) is 6.73. The molecule has 1 aliphatic rings. The summed E-state index contributed by atoms with van der Waals surface area (Å²) in [6.45, 7) is 1.37. The number of carbonyl (C=O) groups excluding carboxylic acids is 1. The molecule has 1 aliphatic heterocycles. The third kappa shape index (κ3) is 2.90. The fourth-order valence-electron chi connectivity index (χ4n) is 3.22. The number of benzene rings is 1. The first-order valence-electron chi connectivity index (χ1n) is 8.27. The molecule has 0 spiro atoms. The molecule has 9 heteroatoms. The van der Waals surface area contributed by atoms with Crippen molar-refractivity contribution in [2.75, 3.05) is 7.11 Å². The lowest BCUT2D eigenvalue weighted by molar-refractivity contribution is -0.130. The van der Waals surface area contributed by atoms with Crippen LogP contribution in [0.5, 0.6) is 11.6 Å². The minimum absolute atomic E-state index is 0.0942. The highest BCUT2D eigenvalue weighted by atomic mass is 16.5. The predicted octanol–water partition coefficient (Wildman–Crippen LogP) is 0.496. The molecule has 1 atom stereocenters. The maximum Gasteiger partial charge on any atom is 0.333 e. The Morgan fingerprint density at radius 2 is 1.89 bits per heavy atom. The van der Waals surface area contributed by atoms with Gasteiger partial charge in [-0.05, 0) is 6.07 Å². The third-order valence-electron chi connectivity index (χ3n) is 4.65. The van der Waals surface area contributed by atoms with E-state index in [2.05, 4.69) is 5.10 Å². The van der Waals surface area contributed by atoms with Crippen LogP contribution in [0.1, 0.15) is 30.5 Å². The number of aromatic nitrogens is 2. The molecule has 1 amide bonds. The summed E-state index contributed by atoms with van der Waals surface area (Å²) in [7, 11) is 4.21. The Kier molecular flexibility index (Phi) is 4.61. The molecule has 3 rings (SSSR count). The Balaban J connectivity index is 2.16. The van der Waals surface area contributed by atoms with Crippen LogP contribution >= 0.6 is 0 Å². The third-order valence-corrected chi connectivity index (χ3v) is 4.65. The quantitative estimate of drug-likeness (QED) is 0.844. The molecule has 0 bridgehead atoms. The van der Waals surface area contributed by atoms with E-state index in [1.165, 1.54) is 33.1 Å². The van der Waals surface area contributed by atoms with Gasteiger partial charge in [-0.2, -0.15) is 5.10 Å². The van der Waals surface area contributed by atoms with E-state index in [9.17, 15) is 19.5 Å². The van der Waals surface area contributed by atoms with Crippen molar-refractivity contribution in [1.82, 2.24) is 14.1 Å². The highest BCUT2D eigenvalue weighted by molar-refractivity contribution is 6.04. The molecule has 0 saturated carbocycles. The first kappa shape index (κ1) is 18.4. The average molecular weight is 372 g/mol. The van der Waals surface area contributed by atoms with E-state index in [1.54, 1.807) is 6.07 Å². The Labute approximate surface area is 154 Å². The molecule has 0 aliphatic carbocycles. The lowest BCUT2D eigenvalue weighted by atomic mass is 9.98. The molecule has 0 unspecified atom stereocenters. The van der Waals surface area contributed by atoms with E-state index >= 15 is 0 Å². The zero-order chi connectivity index (χ0) is 19.9. The number of hydrazone groups is 1. The molecule has 9 nitrogen and oxygen atoms in total. The molecule has 0 fully saturated rings. The number of hydrogen-bond acceptors (Lipinski definition) is 6. The second-order valence-electron chi connectivity index (χ2n) is 6.28. The van der Waals surface area contributed by atoms with E-state index in [0.717, 1.165) is 14.7 Å². The van der Waals surface area contributed by atoms with Crippen LogP contribution in [0.15, 0.2) is 39.0 Å². The predicted molar refractivity (Wildman–Crippen MR) is 98.0 cm³/mol. The molecule has 1 N–H and O–H groups in total. The fraction of sp³-hybridized carbons (Fsp3) is 0.333. The molecule has 27 heavy (non-hydrogen) atoms. The maximum absolute atomic E-state index is 12.6. The van der Waals surface area contributed by atoms with Crippen LogP contribution in [-0.4, -0.2) is 38.0 Å². The summed E-state index contributed by atoms with van der Waals surface area (Å²) < 4.78 is 7.24. The van der Waals surface area contributed by atoms with Crippen LogP contribution in [0.4, 0.5) is 0 Å². The topological polar surface area (TPSA) is 106 Å². The molecule has 2 heterocycles. The van der Waals surface area contributed by atoms with E-state index in [0.29, 0.717) is 5.75 Å². The van der Waals surface area contributed by atoms with Crippen molar-refractivity contribution < 1.29 is 14.6 Å². The average Bonchev–Trinajstić information content (AvgIpc) is 3.10. The van der Waals surface area contributed by atoms with Gasteiger partial charge >= 0.3 is 5.69 Å². The van der Waals surface area contributed by atoms with Gasteiger partial charge in [0.2, 0.25) is 11.8 Å². The van der Waals surface area contributed by atoms with Crippen molar-refractivity contribution in [3.8, 4) is 11.6 Å². The van der Waals surface area contributed by atoms with Gasteiger partial charge in [0.05, 0.1) is 18.9 Å². The summed E-state index contributed by atoms with van der Waals surface area (Å²) in [5, 5.41) is 15.9. The summed E-state index contributed by atoms with van der Waals surface area (Å²) in [6.07, 6.45) is 0.195. The first-order valence-corrected chi connectivity index (χ1v) is 8.27. The molecule has 142 valence electrons. The molecular weight excluding hydrogens is 352 g/mol. The van der Waals surface area contributed by atoms with Crippen LogP contribution < -0.4 is 16.0 Å². The summed E-state index contributed by atoms with van der Waals surface area (Å²) in [5.41, 5.74) is -0.448. The Morgan fingerprint density at radius 3 is 2.52 bits per heavy atom. The van der Waals surface area contributed by atoms with Gasteiger partial charge in [0.25, 0.3) is 5.56 Å². The molecule has 2 aromatic rings. The van der Waals surface area contributed by atoms with Gasteiger partial charge in [0, 0.05) is 33.0 Å². The van der Waals surface area contributed by atoms with E-state index < -0.39 is 23.2 Å². The van der Waals surface area contributed by atoms with E-state index in [4.69, 9.17) is 4.74 Å². The number of rotatable bonds is 3. The summed E-state index contributed by atoms with van der Waals surface area (Å²) in [4.78, 5) is 36.7. The molecule has 0 saturated heterocycles. The monoisotopic (exact) mass is 372 g/mol. The number of amides is 1. The van der Waals surface area contributed by atoms with Crippen LogP contribution in [0.25, 0.3) is 0 Å². The van der Waals surface area contributed by atoms with Gasteiger partial charge in [0.1, 0.15) is 11.3 Å². The van der Waals surface area contributed by atoms with Crippen LogP contribution in [-0.2, 0) is 18.9 Å². The number of para-hydroxylation sites is 1. The second-order valence-corrected chi connectivity index (χ2v) is 6.28. The zero-order valence-corrected chi connectivity index (χ0v) is 15.5. The van der Waals surface area contributed by atoms with Crippen molar-refractivity contribution in [2.24, 2.45) is 19.2 Å². The number of carbonyl (C=O) groups is 1. The van der Waals surface area contributed by atoms with E-state index in [-0.39, 0.29) is 23.6 Å². The van der Waals surface area contributed by atoms with Gasteiger partial charge < -0.3 is 9.84 Å². The standard InChI is InChI=1S/C18H20N4O5/c1-10(23)22-13(11-7-5-6-8-14(11)27-4)9-12(19-22)15-16(24)20(2)18(26)21(3)17(15)25/h5-8,13,24H,9H2,1-4H3/t13-/m0/s1. The highest BCUT2D eigenvalue weighted by Crippen LogP contribution is 2.37. The molecule has 1 aromatic carbocycles. The van der Waals surface area contributed by atoms with Crippen molar-refractivity contribution in [1.29, 1.82) is 0 Å². The molecular formula is C18H20N4O5. The first-order chi connectivity index (χ1) is 12.8. The van der Waals surface area contributed by atoms with Gasteiger partial charge in [-0.25, -0.2) is 9.80 Å². The van der Waals surface area contributed by atoms with E-state index in [1.807, 2.05) is 18.2 Å². The van der Waals surface area contributed by atoms with Gasteiger partial charge in [-0.3, -0.25) is 18.7 Å². The van der Waals surface area contributed by atoms with Crippen molar-refractivity contribution in [3.63, 3.8) is 0 Å². The van der Waals surface area contributed by atoms with Gasteiger partial charge in [-0.15, -0.1) is 0 Å². The Hall–Kier alpha value is -3.36. The van der Waals surface area contributed by atoms with Crippen LogP contribution in [0, 0.1) is 0 Å². The zero-order valence-electron chi connectivity index (χ0n) is 15.5. The highest BCUT2D eigenvalue weighted by Gasteiger charge is 2.35. The van der Waals surface area contributed by atoms with Gasteiger partial charge in [0.15, 0.2) is 0 Å². The summed E-state index contributed by atoms with van der Waals surface area (Å²) >= 11 is 0. The van der Waals surface area contributed by atoms with Crippen molar-refractivity contribution in [2.45, 2.75) is 19.4 Å². The maximum atomic E-state index is 12.6. The molecule has 1 aromatic heterocycles. The minimum Gasteiger partial charge on any atom is -0.496 e. The van der Waals surface area contributed by atoms with Gasteiger partial charge in [-0.1, -0.05) is 18.2 Å². The molecule has 0 radical (unpaired) electrons. The number of nitrogens with zero attached hydrogens (tertiary/aromatic N) is 4. The number of ether oxygens (including phenoxy) is 1. The van der Waals surface area contributed by atoms with Crippen molar-refractivity contribution in [3.05, 3.63) is 56.2 Å². The lowest BCUT2D eigenvalue weighted by Gasteiger charge is -2.22. The Morgan fingerprint density at radius 1 is 1.22 bits per heavy atom. The number of aromatic hydroxyl groups is 1. The van der Waals surface area contributed by atoms with Crippen LogP contribution in [0.3, 0.4) is 0 Å². The Bertz CT molecular complexity index is 1070. The smallest absolute Gasteiger partial charge is 0.333 e. The second kappa shape index (κ2) is 6.75. The van der Waals surface area contributed by atoms with Crippen LogP contribution in [0.2, 0.25) is 0 Å². The fourth-order valence-corrected chi connectivity index (χ4v) is 3.22. The van der Waals surface area contributed by atoms with Crippen molar-refractivity contribution >= 4 is 11.6 Å². The largest absolute Gasteiger partial charge is 0.496 e. The summed E-state index contributed by atoms with van der Waals surface area (Å²) in [5.74, 6) is -0.212. The SMILES string of the molecule is COc1ccccc1[C@@H]1CC(c2c(O)n(C)c(=O)n(C)c2=O)=NN1C(C)=O. The number of hydrogen-bond donors (Lipinski definition) is 1. The number of methoxy groups -OCH3 is 1.